The molecule has 0 N–H and O–H groups in total. The molecule has 4 aromatic rings. The Kier molecular flexibility index (Phi) is 7.76. The van der Waals surface area contributed by atoms with E-state index in [9.17, 15) is 14.4 Å². The Morgan fingerprint density at radius 2 is 2.00 bits per heavy atom. The molecule has 0 unspecified atom stereocenters. The van der Waals surface area contributed by atoms with Crippen molar-refractivity contribution in [3.63, 3.8) is 0 Å². The fraction of sp³-hybridized carbons (Fsp3) is 0.367. The molecule has 1 saturated heterocycles. The summed E-state index contributed by atoms with van der Waals surface area (Å²) in [6.45, 7) is 4.61. The number of hydrogen-bond donors (Lipinski definition) is 0. The van der Waals surface area contributed by atoms with E-state index in [2.05, 4.69) is 26.0 Å². The number of fused-ring (bicyclic) bond motifs is 1. The number of anilines is 1. The maximum absolute atomic E-state index is 14.3. The fourth-order valence-corrected chi connectivity index (χ4v) is 5.66. The number of ketones is 1. The number of pyridine rings is 3. The van der Waals surface area contributed by atoms with E-state index in [1.54, 1.807) is 16.9 Å². The van der Waals surface area contributed by atoms with E-state index in [-0.39, 0.29) is 23.3 Å². The number of carbonyl (C=O) groups is 1. The van der Waals surface area contributed by atoms with Crippen molar-refractivity contribution >= 4 is 17.1 Å². The van der Waals surface area contributed by atoms with E-state index < -0.39 is 5.82 Å². The molecule has 10 heteroatoms. The van der Waals surface area contributed by atoms with Crippen LogP contribution >= 0.6 is 0 Å². The lowest BCUT2D eigenvalue weighted by Gasteiger charge is -2.43. The smallest absolute Gasteiger partial charge is 0.184 e. The van der Waals surface area contributed by atoms with Crippen molar-refractivity contribution in [1.82, 2.24) is 24.5 Å². The Balaban J connectivity index is 1.35. The van der Waals surface area contributed by atoms with Crippen LogP contribution in [0.1, 0.15) is 42.2 Å². The summed E-state index contributed by atoms with van der Waals surface area (Å²) in [4.78, 5) is 26.1. The van der Waals surface area contributed by atoms with Crippen molar-refractivity contribution in [2.45, 2.75) is 26.2 Å². The molecule has 0 spiro atoms. The number of rotatable bonds is 9. The summed E-state index contributed by atoms with van der Waals surface area (Å²) in [5, 5.41) is 13.9. The van der Waals surface area contributed by atoms with Gasteiger partial charge in [0.05, 0.1) is 30.1 Å². The van der Waals surface area contributed by atoms with Crippen LogP contribution in [-0.4, -0.2) is 70.6 Å². The van der Waals surface area contributed by atoms with Gasteiger partial charge < -0.3 is 14.5 Å². The number of carbonyl (C=O) groups excluding carboxylic acids is 1. The lowest BCUT2D eigenvalue weighted by molar-refractivity contribution is 0.0813. The molecule has 0 aliphatic carbocycles. The molecule has 0 bridgehead atoms. The standard InChI is InChI=1S/C30H32FN7O2/c1-4-40-23-14-24(29-22(16-32)18-35-38(29)19-23)21-7-8-27(34-17-21)37-12-9-30(10-13-37,20-36(2)3)15-26(39)28-25(31)6-5-11-33-28/h5-8,11,14,17-19H,4,9-10,12-13,15,20H2,1-3H3. The van der Waals surface area contributed by atoms with Crippen molar-refractivity contribution in [2.75, 3.05) is 45.2 Å². The van der Waals surface area contributed by atoms with Crippen LogP contribution in [0.3, 0.4) is 0 Å². The number of Topliss-reactive ketones (excluding diaryl/α,β-unsaturated/α-hetero) is 1. The first kappa shape index (κ1) is 27.2. The Morgan fingerprint density at radius 1 is 1.20 bits per heavy atom. The molecule has 1 fully saturated rings. The highest BCUT2D eigenvalue weighted by Gasteiger charge is 2.38. The zero-order valence-corrected chi connectivity index (χ0v) is 23.0. The summed E-state index contributed by atoms with van der Waals surface area (Å²) in [7, 11) is 3.99. The Hall–Kier alpha value is -4.36. The van der Waals surface area contributed by atoms with Gasteiger partial charge in [-0.05, 0) is 69.6 Å². The molecule has 1 aliphatic heterocycles. The topological polar surface area (TPSA) is 99.6 Å². The Morgan fingerprint density at radius 3 is 2.65 bits per heavy atom. The number of ether oxygens (including phenoxy) is 1. The van der Waals surface area contributed by atoms with Gasteiger partial charge in [-0.15, -0.1) is 0 Å². The first-order valence-electron chi connectivity index (χ1n) is 13.4. The maximum atomic E-state index is 14.3. The van der Waals surface area contributed by atoms with E-state index in [0.29, 0.717) is 23.4 Å². The zero-order chi connectivity index (χ0) is 28.3. The molecule has 9 nitrogen and oxygen atoms in total. The van der Waals surface area contributed by atoms with Gasteiger partial charge in [0, 0.05) is 49.6 Å². The lowest BCUT2D eigenvalue weighted by Crippen LogP contribution is -2.46. The molecule has 0 radical (unpaired) electrons. The summed E-state index contributed by atoms with van der Waals surface area (Å²) in [6, 6.07) is 10.9. The third-order valence-electron chi connectivity index (χ3n) is 7.43. The quantitative estimate of drug-likeness (QED) is 0.283. The molecule has 5 rings (SSSR count). The summed E-state index contributed by atoms with van der Waals surface area (Å²) in [5.41, 5.74) is 2.51. The number of nitrogens with zero attached hydrogens (tertiary/aromatic N) is 7. The second-order valence-corrected chi connectivity index (χ2v) is 10.5. The van der Waals surface area contributed by atoms with E-state index in [0.717, 1.165) is 49.4 Å². The summed E-state index contributed by atoms with van der Waals surface area (Å²) < 4.78 is 21.6. The zero-order valence-electron chi connectivity index (χ0n) is 23.0. The van der Waals surface area contributed by atoms with Crippen LogP contribution in [0.4, 0.5) is 10.2 Å². The highest BCUT2D eigenvalue weighted by Crippen LogP contribution is 2.38. The molecular weight excluding hydrogens is 509 g/mol. The molecular formula is C30H32FN7O2. The highest BCUT2D eigenvalue weighted by molar-refractivity contribution is 5.95. The van der Waals surface area contributed by atoms with Crippen molar-refractivity contribution in [2.24, 2.45) is 5.41 Å². The molecule has 0 amide bonds. The number of halogens is 1. The van der Waals surface area contributed by atoms with Gasteiger partial charge in [-0.3, -0.25) is 9.78 Å². The predicted molar refractivity (Wildman–Crippen MR) is 150 cm³/mol. The van der Waals surface area contributed by atoms with Crippen molar-refractivity contribution in [3.05, 3.63) is 72.2 Å². The van der Waals surface area contributed by atoms with Crippen molar-refractivity contribution in [3.8, 4) is 22.9 Å². The lowest BCUT2D eigenvalue weighted by atomic mass is 9.73. The molecule has 0 saturated carbocycles. The maximum Gasteiger partial charge on any atom is 0.184 e. The van der Waals surface area contributed by atoms with Gasteiger partial charge in [-0.25, -0.2) is 13.9 Å². The molecule has 0 atom stereocenters. The molecule has 5 heterocycles. The second-order valence-electron chi connectivity index (χ2n) is 10.5. The molecule has 4 aromatic heterocycles. The minimum Gasteiger partial charge on any atom is -0.492 e. The average molecular weight is 542 g/mol. The Labute approximate surface area is 232 Å². The van der Waals surface area contributed by atoms with Crippen molar-refractivity contribution < 1.29 is 13.9 Å². The largest absolute Gasteiger partial charge is 0.492 e. The van der Waals surface area contributed by atoms with Gasteiger partial charge in [0.2, 0.25) is 0 Å². The van der Waals surface area contributed by atoms with Crippen LogP contribution in [0, 0.1) is 22.6 Å². The molecule has 40 heavy (non-hydrogen) atoms. The van der Waals surface area contributed by atoms with E-state index in [1.807, 2.05) is 45.4 Å². The normalized spacial score (nSPS) is 14.8. The van der Waals surface area contributed by atoms with Gasteiger partial charge in [0.25, 0.3) is 0 Å². The number of piperidine rings is 1. The third-order valence-corrected chi connectivity index (χ3v) is 7.43. The van der Waals surface area contributed by atoms with Crippen LogP contribution in [0.5, 0.6) is 5.75 Å². The predicted octanol–water partition coefficient (Wildman–Crippen LogP) is 4.62. The van der Waals surface area contributed by atoms with Gasteiger partial charge in [-0.1, -0.05) is 0 Å². The number of nitriles is 1. The SMILES string of the molecule is CCOc1cc(-c2ccc(N3CCC(CC(=O)c4ncccc4F)(CN(C)C)CC3)nc2)c2c(C#N)cnn2c1. The first-order chi connectivity index (χ1) is 19.3. The number of hydrogen-bond acceptors (Lipinski definition) is 8. The molecule has 206 valence electrons. The Bertz CT molecular complexity index is 1550. The summed E-state index contributed by atoms with van der Waals surface area (Å²) in [6.07, 6.45) is 8.38. The monoisotopic (exact) mass is 541 g/mol. The fourth-order valence-electron chi connectivity index (χ4n) is 5.66. The second kappa shape index (κ2) is 11.4. The van der Waals surface area contributed by atoms with Gasteiger partial charge in [0.1, 0.15) is 23.3 Å². The minimum atomic E-state index is -0.573. The van der Waals surface area contributed by atoms with Crippen LogP contribution in [0.15, 0.2) is 55.1 Å². The number of aromatic nitrogens is 4. The first-order valence-corrected chi connectivity index (χ1v) is 13.4. The molecule has 1 aliphatic rings. The summed E-state index contributed by atoms with van der Waals surface area (Å²) >= 11 is 0. The molecule has 0 aromatic carbocycles. The van der Waals surface area contributed by atoms with Crippen LogP contribution in [-0.2, 0) is 0 Å². The minimum absolute atomic E-state index is 0.0828. The van der Waals surface area contributed by atoms with Crippen LogP contribution in [0.2, 0.25) is 0 Å². The van der Waals surface area contributed by atoms with E-state index in [4.69, 9.17) is 9.72 Å². The van der Waals surface area contributed by atoms with E-state index in [1.165, 1.54) is 18.3 Å². The van der Waals surface area contributed by atoms with Gasteiger partial charge in [0.15, 0.2) is 11.6 Å². The van der Waals surface area contributed by atoms with Gasteiger partial charge >= 0.3 is 0 Å². The highest BCUT2D eigenvalue weighted by atomic mass is 19.1. The average Bonchev–Trinajstić information content (AvgIpc) is 3.36. The van der Waals surface area contributed by atoms with Crippen molar-refractivity contribution in [1.29, 1.82) is 5.26 Å². The third kappa shape index (κ3) is 5.51. The van der Waals surface area contributed by atoms with Crippen LogP contribution in [0.25, 0.3) is 16.6 Å². The van der Waals surface area contributed by atoms with Crippen LogP contribution < -0.4 is 9.64 Å². The summed E-state index contributed by atoms with van der Waals surface area (Å²) in [5.74, 6) is 0.676. The van der Waals surface area contributed by atoms with E-state index >= 15 is 0 Å². The van der Waals surface area contributed by atoms with Gasteiger partial charge in [-0.2, -0.15) is 10.4 Å².